The number of nitrogens with one attached hydrogen (secondary N) is 3. The number of aryl methyl sites for hydroxylation is 1. The van der Waals surface area contributed by atoms with Crippen molar-refractivity contribution >= 4 is 22.5 Å². The average molecular weight is 350 g/mol. The maximum atomic E-state index is 11.3. The Kier molecular flexibility index (Phi) is 5.05. The predicted octanol–water partition coefficient (Wildman–Crippen LogP) is 2.70. The van der Waals surface area contributed by atoms with Crippen LogP contribution in [-0.2, 0) is 17.8 Å². The van der Waals surface area contributed by atoms with Gasteiger partial charge in [-0.15, -0.1) is 0 Å². The third-order valence-corrected chi connectivity index (χ3v) is 4.35. The smallest absolute Gasteiger partial charge is 0.221 e. The molecule has 0 atom stereocenters. The number of rotatable bonds is 6. The molecule has 2 aromatic heterocycles. The summed E-state index contributed by atoms with van der Waals surface area (Å²) >= 11 is 0. The van der Waals surface area contributed by atoms with Gasteiger partial charge in [-0.05, 0) is 44.2 Å². The molecular weight excluding hydrogens is 328 g/mol. The summed E-state index contributed by atoms with van der Waals surface area (Å²) in [6.45, 7) is 5.08. The van der Waals surface area contributed by atoms with E-state index in [4.69, 9.17) is 5.26 Å². The third-order valence-electron chi connectivity index (χ3n) is 4.35. The molecule has 0 fully saturated rings. The van der Waals surface area contributed by atoms with E-state index in [1.54, 1.807) is 6.20 Å². The second-order valence-electron chi connectivity index (χ2n) is 6.51. The predicted molar refractivity (Wildman–Crippen MR) is 101 cm³/mol. The molecule has 2 heterocycles. The van der Waals surface area contributed by atoms with E-state index in [1.165, 1.54) is 12.5 Å². The highest BCUT2D eigenvalue weighted by Crippen LogP contribution is 2.26. The van der Waals surface area contributed by atoms with Crippen molar-refractivity contribution in [2.24, 2.45) is 0 Å². The van der Waals surface area contributed by atoms with Crippen molar-refractivity contribution in [2.75, 3.05) is 18.9 Å². The Balaban J connectivity index is 1.72. The van der Waals surface area contributed by atoms with Crippen molar-refractivity contribution in [1.29, 1.82) is 5.26 Å². The van der Waals surface area contributed by atoms with Gasteiger partial charge in [-0.25, -0.2) is 4.98 Å². The Bertz CT molecular complexity index is 978. The van der Waals surface area contributed by atoms with Crippen LogP contribution in [0.4, 0.5) is 5.69 Å². The number of nitriles is 1. The monoisotopic (exact) mass is 350 g/mol. The highest BCUT2D eigenvalue weighted by Gasteiger charge is 2.11. The number of aromatic nitrogens is 3. The van der Waals surface area contributed by atoms with Crippen molar-refractivity contribution in [3.8, 4) is 6.07 Å². The van der Waals surface area contributed by atoms with Gasteiger partial charge in [0.2, 0.25) is 5.91 Å². The van der Waals surface area contributed by atoms with Crippen molar-refractivity contribution in [2.45, 2.75) is 26.8 Å². The Morgan fingerprint density at radius 1 is 1.38 bits per heavy atom. The largest absolute Gasteiger partial charge is 0.358 e. The van der Waals surface area contributed by atoms with Gasteiger partial charge in [0.25, 0.3) is 0 Å². The Labute approximate surface area is 152 Å². The Hall–Kier alpha value is -3.11. The zero-order valence-corrected chi connectivity index (χ0v) is 15.2. The van der Waals surface area contributed by atoms with Crippen LogP contribution >= 0.6 is 0 Å². The van der Waals surface area contributed by atoms with Crippen molar-refractivity contribution in [3.05, 3.63) is 47.2 Å². The molecule has 3 rings (SSSR count). The summed E-state index contributed by atoms with van der Waals surface area (Å²) in [5, 5.41) is 12.8. The lowest BCUT2D eigenvalue weighted by Crippen LogP contribution is -2.21. The molecule has 0 aliphatic carbocycles. The van der Waals surface area contributed by atoms with Gasteiger partial charge >= 0.3 is 0 Å². The van der Waals surface area contributed by atoms with E-state index in [-0.39, 0.29) is 5.91 Å². The fourth-order valence-corrected chi connectivity index (χ4v) is 3.12. The number of nitrogens with zero attached hydrogens (tertiary/aromatic N) is 3. The van der Waals surface area contributed by atoms with Gasteiger partial charge in [0.15, 0.2) is 0 Å². The summed E-state index contributed by atoms with van der Waals surface area (Å²) in [4.78, 5) is 24.1. The number of H-pyrrole nitrogens is 2. The van der Waals surface area contributed by atoms with E-state index in [9.17, 15) is 4.79 Å². The second kappa shape index (κ2) is 7.42. The first-order valence-electron chi connectivity index (χ1n) is 8.47. The van der Waals surface area contributed by atoms with E-state index in [0.717, 1.165) is 41.1 Å². The number of aromatic amines is 2. The first kappa shape index (κ1) is 17.7. The van der Waals surface area contributed by atoms with Gasteiger partial charge in [-0.3, -0.25) is 9.69 Å². The first-order valence-corrected chi connectivity index (χ1v) is 8.47. The van der Waals surface area contributed by atoms with Crippen LogP contribution in [0, 0.1) is 18.3 Å². The number of hydrogen-bond donors (Lipinski definition) is 3. The number of hydrogen-bond acceptors (Lipinski definition) is 4. The summed E-state index contributed by atoms with van der Waals surface area (Å²) in [6.07, 6.45) is 2.42. The summed E-state index contributed by atoms with van der Waals surface area (Å²) in [6, 6.07) is 7.96. The number of benzene rings is 1. The highest BCUT2D eigenvalue weighted by atomic mass is 16.1. The van der Waals surface area contributed by atoms with Gasteiger partial charge in [0, 0.05) is 35.8 Å². The van der Waals surface area contributed by atoms with Crippen LogP contribution in [0.3, 0.4) is 0 Å². The van der Waals surface area contributed by atoms with Crippen LogP contribution in [0.15, 0.2) is 24.4 Å². The van der Waals surface area contributed by atoms with Gasteiger partial charge in [-0.2, -0.15) is 5.26 Å². The van der Waals surface area contributed by atoms with E-state index in [1.807, 2.05) is 25.2 Å². The molecule has 0 spiro atoms. The lowest BCUT2D eigenvalue weighted by atomic mass is 10.1. The molecule has 0 aliphatic heterocycles. The zero-order valence-electron chi connectivity index (χ0n) is 15.2. The van der Waals surface area contributed by atoms with E-state index in [0.29, 0.717) is 12.2 Å². The first-order chi connectivity index (χ1) is 12.5. The number of carbonyl (C=O) groups excluding carboxylic acids is 1. The van der Waals surface area contributed by atoms with Crippen LogP contribution in [0.5, 0.6) is 0 Å². The van der Waals surface area contributed by atoms with Crippen LogP contribution in [-0.4, -0.2) is 39.4 Å². The Morgan fingerprint density at radius 2 is 2.19 bits per heavy atom. The van der Waals surface area contributed by atoms with Gasteiger partial charge in [-0.1, -0.05) is 0 Å². The highest BCUT2D eigenvalue weighted by molar-refractivity contribution is 5.93. The standard InChI is InChI=1S/C19H22N6O/c1-12-16(6-7-25(3)11-19-21-10-15(9-20)24-19)17-8-14(23-13(2)26)4-5-18(17)22-12/h4-5,8,10,22H,6-7,11H2,1-3H3,(H,21,24)(H,23,26). The normalized spacial score (nSPS) is 11.0. The summed E-state index contributed by atoms with van der Waals surface area (Å²) in [7, 11) is 2.03. The number of carbonyl (C=O) groups is 1. The number of anilines is 1. The topological polar surface area (TPSA) is 101 Å². The molecule has 1 aromatic carbocycles. The molecule has 0 saturated carbocycles. The summed E-state index contributed by atoms with van der Waals surface area (Å²) in [5.74, 6) is 0.709. The number of imidazole rings is 1. The molecule has 0 unspecified atom stereocenters. The number of amides is 1. The van der Waals surface area contributed by atoms with Crippen molar-refractivity contribution in [1.82, 2.24) is 19.9 Å². The fourth-order valence-electron chi connectivity index (χ4n) is 3.12. The number of fused-ring (bicyclic) bond motifs is 1. The maximum Gasteiger partial charge on any atom is 0.221 e. The molecular formula is C19H22N6O. The molecule has 0 saturated heterocycles. The molecule has 7 nitrogen and oxygen atoms in total. The maximum absolute atomic E-state index is 11.3. The molecule has 7 heteroatoms. The molecule has 3 aromatic rings. The molecule has 0 radical (unpaired) electrons. The minimum Gasteiger partial charge on any atom is -0.358 e. The zero-order chi connectivity index (χ0) is 18.7. The molecule has 1 amide bonds. The second-order valence-corrected chi connectivity index (χ2v) is 6.51. The van der Waals surface area contributed by atoms with Gasteiger partial charge in [0.05, 0.1) is 12.7 Å². The minimum atomic E-state index is -0.0759. The van der Waals surface area contributed by atoms with Crippen LogP contribution in [0.25, 0.3) is 10.9 Å². The lowest BCUT2D eigenvalue weighted by Gasteiger charge is -2.15. The molecule has 0 aliphatic rings. The van der Waals surface area contributed by atoms with Crippen LogP contribution in [0.2, 0.25) is 0 Å². The van der Waals surface area contributed by atoms with Crippen LogP contribution in [0.1, 0.15) is 29.7 Å². The summed E-state index contributed by atoms with van der Waals surface area (Å²) in [5.41, 5.74) is 4.73. The minimum absolute atomic E-state index is 0.0759. The van der Waals surface area contributed by atoms with E-state index < -0.39 is 0 Å². The van der Waals surface area contributed by atoms with Gasteiger partial charge < -0.3 is 15.3 Å². The van der Waals surface area contributed by atoms with Gasteiger partial charge in [0.1, 0.15) is 17.6 Å². The molecule has 0 bridgehead atoms. The number of likely N-dealkylation sites (N-methyl/N-ethyl adjacent to an activating group) is 1. The van der Waals surface area contributed by atoms with Crippen LogP contribution < -0.4 is 5.32 Å². The quantitative estimate of drug-likeness (QED) is 0.636. The summed E-state index contributed by atoms with van der Waals surface area (Å²) < 4.78 is 0. The fraction of sp³-hybridized carbons (Fsp3) is 0.316. The lowest BCUT2D eigenvalue weighted by molar-refractivity contribution is -0.114. The molecule has 3 N–H and O–H groups in total. The van der Waals surface area contributed by atoms with E-state index in [2.05, 4.69) is 38.2 Å². The SMILES string of the molecule is CC(=O)Nc1ccc2[nH]c(C)c(CCN(C)Cc3ncc(C#N)[nH]3)c2c1. The average Bonchev–Trinajstić information content (AvgIpc) is 3.16. The third kappa shape index (κ3) is 3.92. The molecule has 26 heavy (non-hydrogen) atoms. The van der Waals surface area contributed by atoms with Crippen molar-refractivity contribution < 1.29 is 4.79 Å². The van der Waals surface area contributed by atoms with Crippen molar-refractivity contribution in [3.63, 3.8) is 0 Å². The Morgan fingerprint density at radius 3 is 2.88 bits per heavy atom. The van der Waals surface area contributed by atoms with E-state index >= 15 is 0 Å². The molecule has 134 valence electrons.